The Bertz CT molecular complexity index is 484. The lowest BCUT2D eigenvalue weighted by Gasteiger charge is -2.18. The van der Waals surface area contributed by atoms with E-state index in [0.717, 1.165) is 0 Å². The van der Waals surface area contributed by atoms with Crippen molar-refractivity contribution in [3.63, 3.8) is 0 Å². The van der Waals surface area contributed by atoms with Crippen LogP contribution >= 0.6 is 0 Å². The molecule has 1 atom stereocenters. The summed E-state index contributed by atoms with van der Waals surface area (Å²) in [7, 11) is 0. The normalized spacial score (nSPS) is 12.1. The van der Waals surface area contributed by atoms with Gasteiger partial charge in [-0.2, -0.15) is 0 Å². The highest BCUT2D eigenvalue weighted by atomic mass is 16.4. The molecule has 0 aliphatic rings. The second-order valence-electron chi connectivity index (χ2n) is 4.91. The molecule has 0 spiro atoms. The first-order valence-corrected chi connectivity index (χ1v) is 6.23. The molecule has 2 amide bonds. The molecule has 0 heterocycles. The van der Waals surface area contributed by atoms with Crippen LogP contribution in [-0.2, 0) is 0 Å². The Morgan fingerprint density at radius 1 is 1.21 bits per heavy atom. The maximum atomic E-state index is 11.8. The molecule has 0 aliphatic carbocycles. The summed E-state index contributed by atoms with van der Waals surface area (Å²) in [6.07, 6.45) is 0. The van der Waals surface area contributed by atoms with E-state index in [1.165, 1.54) is 6.07 Å². The molecule has 0 saturated heterocycles. The zero-order valence-electron chi connectivity index (χ0n) is 11.7. The van der Waals surface area contributed by atoms with Gasteiger partial charge in [0.05, 0.1) is 5.56 Å². The first kappa shape index (κ1) is 15.0. The number of nitrogens with one attached hydrogen (secondary N) is 2. The average Bonchev–Trinajstić information content (AvgIpc) is 2.31. The van der Waals surface area contributed by atoms with Gasteiger partial charge in [0.25, 0.3) is 0 Å². The van der Waals surface area contributed by atoms with Crippen LogP contribution in [-0.4, -0.2) is 23.1 Å². The van der Waals surface area contributed by atoms with Crippen molar-refractivity contribution in [1.29, 1.82) is 0 Å². The van der Waals surface area contributed by atoms with E-state index in [1.807, 2.05) is 20.8 Å². The summed E-state index contributed by atoms with van der Waals surface area (Å²) in [6.45, 7) is 7.62. The molecule has 1 unspecified atom stereocenters. The fourth-order valence-corrected chi connectivity index (χ4v) is 1.53. The number of benzene rings is 1. The molecule has 0 aromatic heterocycles. The maximum Gasteiger partial charge on any atom is 0.336 e. The molecular formula is C14H20N2O3. The van der Waals surface area contributed by atoms with Gasteiger partial charge in [-0.25, -0.2) is 9.59 Å². The van der Waals surface area contributed by atoms with Crippen LogP contribution in [0.4, 0.5) is 10.5 Å². The lowest BCUT2D eigenvalue weighted by Crippen LogP contribution is -2.39. The van der Waals surface area contributed by atoms with Crippen LogP contribution in [0, 0.1) is 12.8 Å². The standard InChI is InChI=1S/C14H20N2O3/c1-8(2)10(4)15-14(19)16-12-7-5-6-11(9(12)3)13(17)18/h5-8,10H,1-4H3,(H,17,18)(H2,15,16,19). The third-order valence-corrected chi connectivity index (χ3v) is 3.17. The molecule has 104 valence electrons. The Balaban J connectivity index is 2.80. The summed E-state index contributed by atoms with van der Waals surface area (Å²) in [6, 6.07) is 4.52. The van der Waals surface area contributed by atoms with Gasteiger partial charge in [-0.3, -0.25) is 0 Å². The van der Waals surface area contributed by atoms with Gasteiger partial charge in [-0.15, -0.1) is 0 Å². The highest BCUT2D eigenvalue weighted by molar-refractivity contribution is 5.95. The molecule has 0 saturated carbocycles. The fraction of sp³-hybridized carbons (Fsp3) is 0.429. The van der Waals surface area contributed by atoms with Crippen molar-refractivity contribution in [3.8, 4) is 0 Å². The molecule has 1 aromatic carbocycles. The van der Waals surface area contributed by atoms with Crippen molar-refractivity contribution >= 4 is 17.7 Å². The number of hydrogen-bond acceptors (Lipinski definition) is 2. The van der Waals surface area contributed by atoms with E-state index in [-0.39, 0.29) is 17.6 Å². The summed E-state index contributed by atoms with van der Waals surface area (Å²) in [4.78, 5) is 22.8. The van der Waals surface area contributed by atoms with Gasteiger partial charge in [-0.05, 0) is 37.5 Å². The highest BCUT2D eigenvalue weighted by Gasteiger charge is 2.14. The molecule has 0 radical (unpaired) electrons. The minimum atomic E-state index is -1.00. The number of carbonyl (C=O) groups is 2. The predicted molar refractivity (Wildman–Crippen MR) is 74.6 cm³/mol. The first-order chi connectivity index (χ1) is 8.82. The van der Waals surface area contributed by atoms with Crippen molar-refractivity contribution in [2.45, 2.75) is 33.7 Å². The van der Waals surface area contributed by atoms with Crippen molar-refractivity contribution in [2.24, 2.45) is 5.92 Å². The molecule has 19 heavy (non-hydrogen) atoms. The van der Waals surface area contributed by atoms with Crippen LogP contribution < -0.4 is 10.6 Å². The monoisotopic (exact) mass is 264 g/mol. The summed E-state index contributed by atoms with van der Waals surface area (Å²) in [5.74, 6) is -0.672. The molecule has 5 heteroatoms. The number of rotatable bonds is 4. The minimum Gasteiger partial charge on any atom is -0.478 e. The minimum absolute atomic E-state index is 0.0444. The summed E-state index contributed by atoms with van der Waals surface area (Å²) < 4.78 is 0. The number of carboxylic acids is 1. The number of carbonyl (C=O) groups excluding carboxylic acids is 1. The van der Waals surface area contributed by atoms with Crippen LogP contribution in [0.3, 0.4) is 0 Å². The third-order valence-electron chi connectivity index (χ3n) is 3.17. The lowest BCUT2D eigenvalue weighted by molar-refractivity contribution is 0.0696. The van der Waals surface area contributed by atoms with Gasteiger partial charge in [0.15, 0.2) is 0 Å². The zero-order valence-corrected chi connectivity index (χ0v) is 11.7. The number of hydrogen-bond donors (Lipinski definition) is 3. The SMILES string of the molecule is Cc1c(NC(=O)NC(C)C(C)C)cccc1C(=O)O. The lowest BCUT2D eigenvalue weighted by atomic mass is 10.1. The number of urea groups is 1. The first-order valence-electron chi connectivity index (χ1n) is 6.23. The maximum absolute atomic E-state index is 11.8. The van der Waals surface area contributed by atoms with Gasteiger partial charge >= 0.3 is 12.0 Å². The van der Waals surface area contributed by atoms with Crippen molar-refractivity contribution in [2.75, 3.05) is 5.32 Å². The van der Waals surface area contributed by atoms with Crippen LogP contribution in [0.1, 0.15) is 36.7 Å². The van der Waals surface area contributed by atoms with E-state index in [2.05, 4.69) is 10.6 Å². The molecule has 1 rings (SSSR count). The Morgan fingerprint density at radius 3 is 2.37 bits per heavy atom. The molecule has 0 aliphatic heterocycles. The molecular weight excluding hydrogens is 244 g/mol. The summed E-state index contributed by atoms with van der Waals surface area (Å²) in [5, 5.41) is 14.5. The van der Waals surface area contributed by atoms with E-state index >= 15 is 0 Å². The molecule has 3 N–H and O–H groups in total. The van der Waals surface area contributed by atoms with E-state index in [1.54, 1.807) is 19.1 Å². The average molecular weight is 264 g/mol. The van der Waals surface area contributed by atoms with Crippen LogP contribution in [0.15, 0.2) is 18.2 Å². The molecule has 1 aromatic rings. The number of anilines is 1. The number of amides is 2. The fourth-order valence-electron chi connectivity index (χ4n) is 1.53. The van der Waals surface area contributed by atoms with E-state index in [4.69, 9.17) is 5.11 Å². The Kier molecular flexibility index (Phi) is 4.92. The smallest absolute Gasteiger partial charge is 0.336 e. The Labute approximate surface area is 113 Å². The number of aromatic carboxylic acids is 1. The summed E-state index contributed by atoms with van der Waals surface area (Å²) >= 11 is 0. The van der Waals surface area contributed by atoms with Crippen molar-refractivity contribution in [3.05, 3.63) is 29.3 Å². The van der Waals surface area contributed by atoms with Gasteiger partial charge < -0.3 is 15.7 Å². The van der Waals surface area contributed by atoms with Crippen molar-refractivity contribution < 1.29 is 14.7 Å². The zero-order chi connectivity index (χ0) is 14.6. The number of carboxylic acid groups (broad SMARTS) is 1. The molecule has 0 bridgehead atoms. The highest BCUT2D eigenvalue weighted by Crippen LogP contribution is 2.18. The van der Waals surface area contributed by atoms with Crippen LogP contribution in [0.5, 0.6) is 0 Å². The van der Waals surface area contributed by atoms with Gasteiger partial charge in [0, 0.05) is 11.7 Å². The van der Waals surface area contributed by atoms with Crippen molar-refractivity contribution in [1.82, 2.24) is 5.32 Å². The quantitative estimate of drug-likeness (QED) is 0.782. The predicted octanol–water partition coefficient (Wildman–Crippen LogP) is 2.86. The third kappa shape index (κ3) is 3.98. The van der Waals surface area contributed by atoms with Gasteiger partial charge in [0.2, 0.25) is 0 Å². The summed E-state index contributed by atoms with van der Waals surface area (Å²) in [5.41, 5.74) is 1.24. The molecule has 5 nitrogen and oxygen atoms in total. The van der Waals surface area contributed by atoms with Crippen LogP contribution in [0.25, 0.3) is 0 Å². The topological polar surface area (TPSA) is 78.4 Å². The van der Waals surface area contributed by atoms with Gasteiger partial charge in [0.1, 0.15) is 0 Å². The van der Waals surface area contributed by atoms with Gasteiger partial charge in [-0.1, -0.05) is 19.9 Å². The van der Waals surface area contributed by atoms with Crippen LogP contribution in [0.2, 0.25) is 0 Å². The Hall–Kier alpha value is -2.04. The van der Waals surface area contributed by atoms with E-state index < -0.39 is 5.97 Å². The van der Waals surface area contributed by atoms with E-state index in [0.29, 0.717) is 17.2 Å². The second kappa shape index (κ2) is 6.22. The largest absolute Gasteiger partial charge is 0.478 e. The second-order valence-corrected chi connectivity index (χ2v) is 4.91. The Morgan fingerprint density at radius 2 is 1.84 bits per heavy atom. The molecule has 0 fully saturated rings. The van der Waals surface area contributed by atoms with E-state index in [9.17, 15) is 9.59 Å².